The third-order valence-corrected chi connectivity index (χ3v) is 4.59. The van der Waals surface area contributed by atoms with E-state index in [1.807, 2.05) is 37.4 Å². The summed E-state index contributed by atoms with van der Waals surface area (Å²) < 4.78 is 5.15. The van der Waals surface area contributed by atoms with Gasteiger partial charge in [-0.1, -0.05) is 42.5 Å². The number of hydrogen-bond donors (Lipinski definition) is 1. The number of ether oxygens (including phenoxy) is 1. The minimum atomic E-state index is -0.00766. The fraction of sp³-hybridized carbons (Fsp3) is 0.550. The van der Waals surface area contributed by atoms with E-state index < -0.39 is 0 Å². The molecule has 2 amide bonds. The summed E-state index contributed by atoms with van der Waals surface area (Å²) in [5.41, 5.74) is 1.15. The Labute approximate surface area is 151 Å². The Bertz CT molecular complexity index is 533. The van der Waals surface area contributed by atoms with Gasteiger partial charge in [0.05, 0.1) is 6.61 Å². The summed E-state index contributed by atoms with van der Waals surface area (Å²) in [5, 5.41) is 3.07. The van der Waals surface area contributed by atoms with Crippen LogP contribution in [0.2, 0.25) is 0 Å². The van der Waals surface area contributed by atoms with Crippen molar-refractivity contribution in [2.75, 3.05) is 53.5 Å². The second-order valence-electron chi connectivity index (χ2n) is 6.68. The Hall–Kier alpha value is -1.85. The molecule has 5 heteroatoms. The molecule has 5 nitrogen and oxygen atoms in total. The van der Waals surface area contributed by atoms with Gasteiger partial charge in [0.15, 0.2) is 0 Å². The number of rotatable bonds is 8. The van der Waals surface area contributed by atoms with Crippen LogP contribution >= 0.6 is 0 Å². The molecule has 1 aliphatic heterocycles. The number of nitrogens with zero attached hydrogens (tertiary/aromatic N) is 2. The topological polar surface area (TPSA) is 44.8 Å². The molecule has 1 heterocycles. The Kier molecular flexibility index (Phi) is 8.49. The van der Waals surface area contributed by atoms with Gasteiger partial charge in [0.2, 0.25) is 0 Å². The van der Waals surface area contributed by atoms with Crippen LogP contribution in [0.5, 0.6) is 0 Å². The number of carbonyl (C=O) groups excluding carboxylic acids is 1. The largest absolute Gasteiger partial charge is 0.383 e. The normalized spacial score (nSPS) is 18.4. The first-order valence-electron chi connectivity index (χ1n) is 9.11. The fourth-order valence-electron chi connectivity index (χ4n) is 3.10. The average molecular weight is 345 g/mol. The van der Waals surface area contributed by atoms with E-state index in [2.05, 4.69) is 22.3 Å². The highest BCUT2D eigenvalue weighted by atomic mass is 16.5. The third kappa shape index (κ3) is 7.28. The van der Waals surface area contributed by atoms with Crippen LogP contribution in [-0.4, -0.2) is 69.3 Å². The molecule has 138 valence electrons. The van der Waals surface area contributed by atoms with Gasteiger partial charge in [-0.3, -0.25) is 0 Å². The smallest absolute Gasteiger partial charge is 0.317 e. The Morgan fingerprint density at radius 3 is 2.96 bits per heavy atom. The first kappa shape index (κ1) is 19.5. The number of carbonyl (C=O) groups is 1. The number of nitrogens with one attached hydrogen (secondary N) is 1. The average Bonchev–Trinajstić information content (AvgIpc) is 2.65. The maximum atomic E-state index is 12.2. The summed E-state index contributed by atoms with van der Waals surface area (Å²) in [6.45, 7) is 5.28. The number of benzene rings is 1. The van der Waals surface area contributed by atoms with Crippen molar-refractivity contribution in [3.63, 3.8) is 0 Å². The summed E-state index contributed by atoms with van der Waals surface area (Å²) in [5.74, 6) is 0.530. The third-order valence-electron chi connectivity index (χ3n) is 4.59. The van der Waals surface area contributed by atoms with Gasteiger partial charge in [0, 0.05) is 40.3 Å². The van der Waals surface area contributed by atoms with E-state index in [0.29, 0.717) is 12.5 Å². The molecule has 0 radical (unpaired) electrons. The van der Waals surface area contributed by atoms with Crippen molar-refractivity contribution < 1.29 is 9.53 Å². The Morgan fingerprint density at radius 1 is 1.40 bits per heavy atom. The van der Waals surface area contributed by atoms with E-state index in [-0.39, 0.29) is 6.03 Å². The van der Waals surface area contributed by atoms with E-state index in [0.717, 1.165) is 38.3 Å². The number of methoxy groups -OCH3 is 1. The zero-order valence-electron chi connectivity index (χ0n) is 15.5. The standard InChI is InChI=1S/C20H31N3O2/c1-22(12-6-10-18-8-4-3-5-9-18)20(24)21-16-19-11-7-13-23(17-19)14-15-25-2/h3-6,8-10,19H,7,11-17H2,1-2H3,(H,21,24)/b10-6+/t19-/m1/s1. The maximum Gasteiger partial charge on any atom is 0.317 e. The molecule has 0 unspecified atom stereocenters. The molecule has 0 bridgehead atoms. The van der Waals surface area contributed by atoms with E-state index in [4.69, 9.17) is 4.74 Å². The summed E-state index contributed by atoms with van der Waals surface area (Å²) in [6.07, 6.45) is 6.43. The lowest BCUT2D eigenvalue weighted by atomic mass is 9.98. The van der Waals surface area contributed by atoms with Crippen molar-refractivity contribution in [1.82, 2.24) is 15.1 Å². The second kappa shape index (κ2) is 10.9. The first-order valence-corrected chi connectivity index (χ1v) is 9.11. The van der Waals surface area contributed by atoms with Crippen LogP contribution in [0.1, 0.15) is 18.4 Å². The second-order valence-corrected chi connectivity index (χ2v) is 6.68. The molecule has 0 aliphatic carbocycles. The number of likely N-dealkylation sites (N-methyl/N-ethyl adjacent to an activating group) is 1. The molecular formula is C20H31N3O2. The molecule has 1 aromatic rings. The highest BCUT2D eigenvalue weighted by Gasteiger charge is 2.20. The number of urea groups is 1. The van der Waals surface area contributed by atoms with Crippen molar-refractivity contribution in [1.29, 1.82) is 0 Å². The molecule has 25 heavy (non-hydrogen) atoms. The van der Waals surface area contributed by atoms with E-state index in [1.165, 1.54) is 12.8 Å². The molecule has 1 atom stereocenters. The Morgan fingerprint density at radius 2 is 2.20 bits per heavy atom. The van der Waals surface area contributed by atoms with Crippen LogP contribution in [0.15, 0.2) is 36.4 Å². The predicted molar refractivity (Wildman–Crippen MR) is 103 cm³/mol. The summed E-state index contributed by atoms with van der Waals surface area (Å²) in [6, 6.07) is 10.1. The van der Waals surface area contributed by atoms with Gasteiger partial charge < -0.3 is 19.9 Å². The quantitative estimate of drug-likeness (QED) is 0.788. The van der Waals surface area contributed by atoms with Gasteiger partial charge in [-0.25, -0.2) is 4.79 Å². The Balaban J connectivity index is 1.67. The SMILES string of the molecule is COCCN1CCC[C@H](CNC(=O)N(C)C/C=C/c2ccccc2)C1. The van der Waals surface area contributed by atoms with Crippen LogP contribution in [0.25, 0.3) is 6.08 Å². The number of piperidine rings is 1. The zero-order chi connectivity index (χ0) is 17.9. The minimum Gasteiger partial charge on any atom is -0.383 e. The lowest BCUT2D eigenvalue weighted by molar-refractivity contribution is 0.114. The summed E-state index contributed by atoms with van der Waals surface area (Å²) in [7, 11) is 3.57. The molecular weight excluding hydrogens is 314 g/mol. The number of likely N-dealkylation sites (tertiary alicyclic amines) is 1. The van der Waals surface area contributed by atoms with E-state index in [1.54, 1.807) is 12.0 Å². The van der Waals surface area contributed by atoms with Gasteiger partial charge in [-0.05, 0) is 30.9 Å². The van der Waals surface area contributed by atoms with Crippen molar-refractivity contribution in [2.45, 2.75) is 12.8 Å². The predicted octanol–water partition coefficient (Wildman–Crippen LogP) is 2.70. The molecule has 0 saturated carbocycles. The number of amides is 2. The van der Waals surface area contributed by atoms with E-state index in [9.17, 15) is 4.79 Å². The fourth-order valence-corrected chi connectivity index (χ4v) is 3.10. The molecule has 0 spiro atoms. The summed E-state index contributed by atoms with van der Waals surface area (Å²) in [4.78, 5) is 16.4. The van der Waals surface area contributed by atoms with Crippen LogP contribution in [0.4, 0.5) is 4.79 Å². The molecule has 1 aromatic carbocycles. The van der Waals surface area contributed by atoms with Crippen molar-refractivity contribution >= 4 is 12.1 Å². The van der Waals surface area contributed by atoms with Crippen molar-refractivity contribution in [2.24, 2.45) is 5.92 Å². The molecule has 1 saturated heterocycles. The monoisotopic (exact) mass is 345 g/mol. The lowest BCUT2D eigenvalue weighted by Crippen LogP contribution is -2.44. The van der Waals surface area contributed by atoms with Gasteiger partial charge in [0.1, 0.15) is 0 Å². The lowest BCUT2D eigenvalue weighted by Gasteiger charge is -2.32. The minimum absolute atomic E-state index is 0.00766. The van der Waals surface area contributed by atoms with Gasteiger partial charge >= 0.3 is 6.03 Å². The van der Waals surface area contributed by atoms with Crippen LogP contribution < -0.4 is 5.32 Å². The van der Waals surface area contributed by atoms with Gasteiger partial charge in [-0.15, -0.1) is 0 Å². The van der Waals surface area contributed by atoms with Crippen LogP contribution in [0.3, 0.4) is 0 Å². The van der Waals surface area contributed by atoms with Gasteiger partial charge in [0.25, 0.3) is 0 Å². The summed E-state index contributed by atoms with van der Waals surface area (Å²) >= 11 is 0. The van der Waals surface area contributed by atoms with E-state index >= 15 is 0 Å². The molecule has 0 aromatic heterocycles. The highest BCUT2D eigenvalue weighted by Crippen LogP contribution is 2.15. The first-order chi connectivity index (χ1) is 12.2. The molecule has 1 N–H and O–H groups in total. The highest BCUT2D eigenvalue weighted by molar-refractivity contribution is 5.74. The maximum absolute atomic E-state index is 12.2. The van der Waals surface area contributed by atoms with Crippen LogP contribution in [0, 0.1) is 5.92 Å². The molecule has 1 aliphatic rings. The molecule has 1 fully saturated rings. The van der Waals surface area contributed by atoms with Gasteiger partial charge in [-0.2, -0.15) is 0 Å². The molecule has 2 rings (SSSR count). The number of hydrogen-bond acceptors (Lipinski definition) is 3. The zero-order valence-corrected chi connectivity index (χ0v) is 15.5. The van der Waals surface area contributed by atoms with Crippen molar-refractivity contribution in [3.8, 4) is 0 Å². The van der Waals surface area contributed by atoms with Crippen molar-refractivity contribution in [3.05, 3.63) is 42.0 Å². The van der Waals surface area contributed by atoms with Crippen LogP contribution in [-0.2, 0) is 4.74 Å².